The molecule has 0 bridgehead atoms. The van der Waals surface area contributed by atoms with Crippen LogP contribution in [0.5, 0.6) is 0 Å². The number of hydrogen-bond acceptors (Lipinski definition) is 0. The van der Waals surface area contributed by atoms with E-state index in [0.29, 0.717) is 0 Å². The summed E-state index contributed by atoms with van der Waals surface area (Å²) in [6, 6.07) is 0. The van der Waals surface area contributed by atoms with E-state index in [-0.39, 0.29) is 0 Å². The average Bonchev–Trinajstić information content (AvgIpc) is 2.29. The molecule has 0 saturated heterocycles. The number of allylic oxidation sites excluding steroid dienone is 2. The van der Waals surface area contributed by atoms with Gasteiger partial charge in [0.15, 0.2) is 0 Å². The summed E-state index contributed by atoms with van der Waals surface area (Å²) in [7, 11) is 0. The molecule has 0 fully saturated rings. The SMILES string of the molecule is [CH]1CCC/C=C\CCCCCCCCCC1. The maximum atomic E-state index is 2.50. The van der Waals surface area contributed by atoms with Crippen LogP contribution in [0.25, 0.3) is 0 Å². The molecule has 1 aliphatic rings. The molecule has 0 heterocycles. The summed E-state index contributed by atoms with van der Waals surface area (Å²) in [6.07, 6.45) is 25.5. The van der Waals surface area contributed by atoms with Gasteiger partial charge in [0.1, 0.15) is 0 Å². The van der Waals surface area contributed by atoms with Crippen molar-refractivity contribution in [2.24, 2.45) is 0 Å². The highest BCUT2D eigenvalue weighted by atomic mass is 14.0. The van der Waals surface area contributed by atoms with E-state index in [2.05, 4.69) is 18.6 Å². The van der Waals surface area contributed by atoms with Crippen LogP contribution in [-0.4, -0.2) is 0 Å². The lowest BCUT2D eigenvalue weighted by Gasteiger charge is -2.03. The minimum Gasteiger partial charge on any atom is -0.0885 e. The lowest BCUT2D eigenvalue weighted by atomic mass is 10.0. The molecule has 1 rings (SSSR count). The Balaban J connectivity index is 2.07. The van der Waals surface area contributed by atoms with Crippen molar-refractivity contribution in [1.82, 2.24) is 0 Å². The fraction of sp³-hybridized carbons (Fsp3) is 0.812. The third-order valence-electron chi connectivity index (χ3n) is 3.47. The second kappa shape index (κ2) is 11.2. The van der Waals surface area contributed by atoms with Gasteiger partial charge in [0.05, 0.1) is 0 Å². The van der Waals surface area contributed by atoms with E-state index in [1.54, 1.807) is 0 Å². The molecule has 0 unspecified atom stereocenters. The quantitative estimate of drug-likeness (QED) is 0.451. The smallest absolute Gasteiger partial charge is 0.0351 e. The van der Waals surface area contributed by atoms with Crippen molar-refractivity contribution in [1.29, 1.82) is 0 Å². The van der Waals surface area contributed by atoms with Gasteiger partial charge in [-0.15, -0.1) is 0 Å². The Kier molecular flexibility index (Phi) is 9.69. The molecule has 0 amide bonds. The summed E-state index contributed by atoms with van der Waals surface area (Å²) in [6.45, 7) is 0. The summed E-state index contributed by atoms with van der Waals surface area (Å²) in [5, 5.41) is 0. The Morgan fingerprint density at radius 1 is 0.375 bits per heavy atom. The van der Waals surface area contributed by atoms with Crippen molar-refractivity contribution < 1.29 is 0 Å². The molecule has 0 aromatic heterocycles. The van der Waals surface area contributed by atoms with E-state index in [1.807, 2.05) is 0 Å². The molecule has 0 N–H and O–H groups in total. The van der Waals surface area contributed by atoms with Crippen molar-refractivity contribution in [3.05, 3.63) is 18.6 Å². The zero-order valence-corrected chi connectivity index (χ0v) is 10.9. The minimum atomic E-state index is 1.29. The molecule has 1 radical (unpaired) electrons. The second-order valence-electron chi connectivity index (χ2n) is 5.10. The first-order chi connectivity index (χ1) is 8.00. The zero-order chi connectivity index (χ0) is 11.3. The topological polar surface area (TPSA) is 0 Å². The molecule has 0 saturated carbocycles. The first-order valence-electron chi connectivity index (χ1n) is 7.47. The first-order valence-corrected chi connectivity index (χ1v) is 7.47. The maximum absolute atomic E-state index is 2.50. The van der Waals surface area contributed by atoms with E-state index in [0.717, 1.165) is 0 Å². The highest BCUT2D eigenvalue weighted by molar-refractivity contribution is 4.82. The van der Waals surface area contributed by atoms with Gasteiger partial charge in [-0.05, 0) is 38.5 Å². The molecule has 0 aliphatic heterocycles. The first kappa shape index (κ1) is 13.8. The standard InChI is InChI=1S/C16H29/c1-2-4-6-8-10-12-14-16-15-13-11-9-7-5-3-1/h1-2,9H,3-8,10-16H2/b2-1-. The van der Waals surface area contributed by atoms with Gasteiger partial charge in [0.25, 0.3) is 0 Å². The largest absolute Gasteiger partial charge is 0.0885 e. The Morgan fingerprint density at radius 2 is 0.812 bits per heavy atom. The molecular formula is C16H29. The molecule has 0 nitrogen and oxygen atoms in total. The van der Waals surface area contributed by atoms with Gasteiger partial charge in [-0.1, -0.05) is 63.5 Å². The van der Waals surface area contributed by atoms with Gasteiger partial charge in [0.2, 0.25) is 0 Å². The molecule has 16 heavy (non-hydrogen) atoms. The van der Waals surface area contributed by atoms with Crippen molar-refractivity contribution in [3.8, 4) is 0 Å². The lowest BCUT2D eigenvalue weighted by Crippen LogP contribution is -1.84. The van der Waals surface area contributed by atoms with Crippen molar-refractivity contribution in [2.75, 3.05) is 0 Å². The van der Waals surface area contributed by atoms with Crippen LogP contribution in [-0.2, 0) is 0 Å². The minimum absolute atomic E-state index is 1.29. The van der Waals surface area contributed by atoms with Gasteiger partial charge in [-0.25, -0.2) is 0 Å². The molecule has 0 aromatic rings. The molecule has 93 valence electrons. The van der Waals surface area contributed by atoms with E-state index in [4.69, 9.17) is 0 Å². The van der Waals surface area contributed by atoms with E-state index in [9.17, 15) is 0 Å². The average molecular weight is 221 g/mol. The Labute approximate surface area is 103 Å². The molecule has 0 aromatic carbocycles. The lowest BCUT2D eigenvalue weighted by molar-refractivity contribution is 0.564. The fourth-order valence-corrected chi connectivity index (χ4v) is 2.37. The molecule has 0 heteroatoms. The Morgan fingerprint density at radius 3 is 1.50 bits per heavy atom. The molecule has 1 aliphatic carbocycles. The van der Waals surface area contributed by atoms with Gasteiger partial charge in [-0.2, -0.15) is 0 Å². The Hall–Kier alpha value is -0.260. The zero-order valence-electron chi connectivity index (χ0n) is 10.9. The van der Waals surface area contributed by atoms with Crippen LogP contribution < -0.4 is 0 Å². The summed E-state index contributed by atoms with van der Waals surface area (Å²) in [5.41, 5.74) is 0. The molecule has 0 atom stereocenters. The molecular weight excluding hydrogens is 192 g/mol. The third kappa shape index (κ3) is 9.00. The predicted octanol–water partition coefficient (Wildman–Crippen LogP) is 5.83. The summed E-state index contributed by atoms with van der Waals surface area (Å²) in [4.78, 5) is 0. The highest BCUT2D eigenvalue weighted by Crippen LogP contribution is 2.13. The van der Waals surface area contributed by atoms with Crippen LogP contribution in [0, 0.1) is 6.42 Å². The monoisotopic (exact) mass is 221 g/mol. The maximum Gasteiger partial charge on any atom is -0.0351 e. The third-order valence-corrected chi connectivity index (χ3v) is 3.47. The van der Waals surface area contributed by atoms with Crippen LogP contribution in [0.3, 0.4) is 0 Å². The van der Waals surface area contributed by atoms with E-state index < -0.39 is 0 Å². The van der Waals surface area contributed by atoms with Crippen molar-refractivity contribution in [3.63, 3.8) is 0 Å². The second-order valence-corrected chi connectivity index (χ2v) is 5.10. The van der Waals surface area contributed by atoms with E-state index in [1.165, 1.54) is 83.5 Å². The van der Waals surface area contributed by atoms with Crippen molar-refractivity contribution >= 4 is 0 Å². The summed E-state index contributed by atoms with van der Waals surface area (Å²) < 4.78 is 0. The fourth-order valence-electron chi connectivity index (χ4n) is 2.37. The van der Waals surface area contributed by atoms with Gasteiger partial charge in [0, 0.05) is 0 Å². The number of hydrogen-bond donors (Lipinski definition) is 0. The summed E-state index contributed by atoms with van der Waals surface area (Å²) in [5.74, 6) is 0. The van der Waals surface area contributed by atoms with E-state index >= 15 is 0 Å². The Bertz CT molecular complexity index is 139. The van der Waals surface area contributed by atoms with Gasteiger partial charge in [-0.3, -0.25) is 0 Å². The van der Waals surface area contributed by atoms with Crippen molar-refractivity contribution in [2.45, 2.75) is 83.5 Å². The number of rotatable bonds is 0. The highest BCUT2D eigenvalue weighted by Gasteiger charge is 1.94. The van der Waals surface area contributed by atoms with Crippen LogP contribution in [0.1, 0.15) is 83.5 Å². The predicted molar refractivity (Wildman–Crippen MR) is 73.5 cm³/mol. The van der Waals surface area contributed by atoms with Crippen LogP contribution in [0.4, 0.5) is 0 Å². The summed E-state index contributed by atoms with van der Waals surface area (Å²) >= 11 is 0. The normalized spacial score (nSPS) is 25.0. The van der Waals surface area contributed by atoms with Gasteiger partial charge >= 0.3 is 0 Å². The molecule has 0 spiro atoms. The van der Waals surface area contributed by atoms with Gasteiger partial charge < -0.3 is 0 Å². The van der Waals surface area contributed by atoms with Crippen LogP contribution in [0.15, 0.2) is 12.2 Å². The van der Waals surface area contributed by atoms with Crippen LogP contribution in [0.2, 0.25) is 0 Å². The van der Waals surface area contributed by atoms with Crippen LogP contribution >= 0.6 is 0 Å².